The van der Waals surface area contributed by atoms with Crippen LogP contribution in [0.5, 0.6) is 17.2 Å². The fraction of sp³-hybridized carbons (Fsp3) is 0.333. The fourth-order valence-electron chi connectivity index (χ4n) is 1.44. The Hall–Kier alpha value is -1.49. The van der Waals surface area contributed by atoms with Crippen molar-refractivity contribution in [1.82, 2.24) is 0 Å². The Bertz CT molecular complexity index is 379. The number of nitrogens with two attached hydrogens (primary N) is 1. The van der Waals surface area contributed by atoms with Crippen molar-refractivity contribution in [3.63, 3.8) is 0 Å². The van der Waals surface area contributed by atoms with Crippen LogP contribution in [0.25, 0.3) is 0 Å². The highest BCUT2D eigenvalue weighted by atomic mass is 19.1. The van der Waals surface area contributed by atoms with Gasteiger partial charge in [-0.15, -0.1) is 0 Å². The molecule has 1 atom stereocenters. The Morgan fingerprint density at radius 1 is 1.57 bits per heavy atom. The van der Waals surface area contributed by atoms with E-state index >= 15 is 0 Å². The summed E-state index contributed by atoms with van der Waals surface area (Å²) in [6.45, 7) is 1.64. The number of benzene rings is 1. The Labute approximate surface area is 80.0 Å². The standard InChI is InChI=1S/C9H10FNO3/c1-4(11)7-8(10)5(12)2-6-9(7)14-3-13-6/h2,4,12H,3,11H2,1H3. The quantitative estimate of drug-likeness (QED) is 0.715. The molecule has 0 amide bonds. The van der Waals surface area contributed by atoms with Gasteiger partial charge in [0, 0.05) is 12.1 Å². The van der Waals surface area contributed by atoms with Crippen LogP contribution >= 0.6 is 0 Å². The second-order valence-electron chi connectivity index (χ2n) is 3.15. The summed E-state index contributed by atoms with van der Waals surface area (Å²) in [6, 6.07) is 0.626. The molecular weight excluding hydrogens is 189 g/mol. The van der Waals surface area contributed by atoms with Crippen molar-refractivity contribution >= 4 is 0 Å². The molecule has 0 fully saturated rings. The maximum absolute atomic E-state index is 13.4. The summed E-state index contributed by atoms with van der Waals surface area (Å²) >= 11 is 0. The molecule has 0 saturated carbocycles. The van der Waals surface area contributed by atoms with E-state index in [9.17, 15) is 9.50 Å². The van der Waals surface area contributed by atoms with Crippen LogP contribution in [-0.2, 0) is 0 Å². The molecule has 76 valence electrons. The van der Waals surface area contributed by atoms with E-state index < -0.39 is 17.6 Å². The molecule has 1 aliphatic rings. The van der Waals surface area contributed by atoms with Crippen LogP contribution in [-0.4, -0.2) is 11.9 Å². The topological polar surface area (TPSA) is 64.7 Å². The lowest BCUT2D eigenvalue weighted by Gasteiger charge is -2.11. The molecule has 0 radical (unpaired) electrons. The molecule has 1 unspecified atom stereocenters. The van der Waals surface area contributed by atoms with E-state index in [1.165, 1.54) is 6.07 Å². The van der Waals surface area contributed by atoms with Gasteiger partial charge in [0.1, 0.15) is 0 Å². The maximum Gasteiger partial charge on any atom is 0.231 e. The van der Waals surface area contributed by atoms with Crippen molar-refractivity contribution < 1.29 is 19.0 Å². The number of halogens is 1. The lowest BCUT2D eigenvalue weighted by molar-refractivity contribution is 0.173. The molecule has 0 aliphatic carbocycles. The van der Waals surface area contributed by atoms with Crippen molar-refractivity contribution in [2.75, 3.05) is 6.79 Å². The molecule has 14 heavy (non-hydrogen) atoms. The smallest absolute Gasteiger partial charge is 0.231 e. The molecule has 1 aliphatic heterocycles. The molecule has 1 heterocycles. The number of hydrogen-bond donors (Lipinski definition) is 2. The molecule has 0 aromatic heterocycles. The van der Waals surface area contributed by atoms with Crippen LogP contribution in [0.3, 0.4) is 0 Å². The zero-order chi connectivity index (χ0) is 10.3. The Kier molecular flexibility index (Phi) is 1.96. The van der Waals surface area contributed by atoms with E-state index in [0.717, 1.165) is 0 Å². The molecule has 3 N–H and O–H groups in total. The predicted molar refractivity (Wildman–Crippen MR) is 46.8 cm³/mol. The minimum atomic E-state index is -0.746. The van der Waals surface area contributed by atoms with Crippen molar-refractivity contribution in [1.29, 1.82) is 0 Å². The Morgan fingerprint density at radius 3 is 2.93 bits per heavy atom. The minimum absolute atomic E-state index is 0.0257. The fourth-order valence-corrected chi connectivity index (χ4v) is 1.44. The largest absolute Gasteiger partial charge is 0.505 e. The Balaban J connectivity index is 2.66. The third-order valence-corrected chi connectivity index (χ3v) is 2.07. The number of aromatic hydroxyl groups is 1. The Morgan fingerprint density at radius 2 is 2.29 bits per heavy atom. The number of rotatable bonds is 1. The molecule has 2 rings (SSSR count). The second-order valence-corrected chi connectivity index (χ2v) is 3.15. The van der Waals surface area contributed by atoms with Crippen LogP contribution in [0.4, 0.5) is 4.39 Å². The van der Waals surface area contributed by atoms with Crippen LogP contribution in [0, 0.1) is 5.82 Å². The number of ether oxygens (including phenoxy) is 2. The monoisotopic (exact) mass is 199 g/mol. The normalized spacial score (nSPS) is 15.6. The van der Waals surface area contributed by atoms with Crippen molar-refractivity contribution in [3.05, 3.63) is 17.4 Å². The van der Waals surface area contributed by atoms with Crippen LogP contribution in [0.15, 0.2) is 6.07 Å². The number of fused-ring (bicyclic) bond motifs is 1. The molecule has 4 nitrogen and oxygen atoms in total. The number of hydrogen-bond acceptors (Lipinski definition) is 4. The molecule has 1 aromatic carbocycles. The summed E-state index contributed by atoms with van der Waals surface area (Å²) in [7, 11) is 0. The lowest BCUT2D eigenvalue weighted by atomic mass is 10.1. The van der Waals surface area contributed by atoms with Gasteiger partial charge >= 0.3 is 0 Å². The maximum atomic E-state index is 13.4. The van der Waals surface area contributed by atoms with Gasteiger partial charge in [-0.3, -0.25) is 0 Å². The van der Waals surface area contributed by atoms with Gasteiger partial charge in [-0.25, -0.2) is 4.39 Å². The van der Waals surface area contributed by atoms with E-state index in [0.29, 0.717) is 5.75 Å². The molecule has 0 saturated heterocycles. The first-order chi connectivity index (χ1) is 6.61. The summed E-state index contributed by atoms with van der Waals surface area (Å²) in [5.74, 6) is -0.600. The van der Waals surface area contributed by atoms with Gasteiger partial charge in [-0.05, 0) is 6.92 Å². The van der Waals surface area contributed by atoms with Gasteiger partial charge in [0.25, 0.3) is 0 Å². The van der Waals surface area contributed by atoms with Crippen molar-refractivity contribution in [3.8, 4) is 17.2 Å². The number of phenolic OH excluding ortho intramolecular Hbond substituents is 1. The van der Waals surface area contributed by atoms with Gasteiger partial charge < -0.3 is 20.3 Å². The van der Waals surface area contributed by atoms with E-state index in [-0.39, 0.29) is 18.1 Å². The van der Waals surface area contributed by atoms with E-state index in [1.807, 2.05) is 0 Å². The molecule has 0 spiro atoms. The molecular formula is C9H10FNO3. The summed E-state index contributed by atoms with van der Waals surface area (Å²) in [5.41, 5.74) is 5.72. The molecule has 1 aromatic rings. The zero-order valence-electron chi connectivity index (χ0n) is 7.58. The summed E-state index contributed by atoms with van der Waals surface area (Å²) in [6.07, 6.45) is 0. The number of phenols is 1. The van der Waals surface area contributed by atoms with Gasteiger partial charge in [-0.2, -0.15) is 0 Å². The van der Waals surface area contributed by atoms with Crippen LogP contribution < -0.4 is 15.2 Å². The zero-order valence-corrected chi connectivity index (χ0v) is 7.58. The predicted octanol–water partition coefficient (Wildman–Crippen LogP) is 1.28. The third-order valence-electron chi connectivity index (χ3n) is 2.07. The highest BCUT2D eigenvalue weighted by Gasteiger charge is 2.26. The van der Waals surface area contributed by atoms with E-state index in [1.54, 1.807) is 6.92 Å². The van der Waals surface area contributed by atoms with Gasteiger partial charge in [-0.1, -0.05) is 0 Å². The highest BCUT2D eigenvalue weighted by molar-refractivity contribution is 5.54. The first-order valence-electron chi connectivity index (χ1n) is 4.17. The lowest BCUT2D eigenvalue weighted by Crippen LogP contribution is -2.09. The second kappa shape index (κ2) is 3.02. The molecule has 5 heteroatoms. The minimum Gasteiger partial charge on any atom is -0.505 e. The van der Waals surface area contributed by atoms with Crippen molar-refractivity contribution in [2.45, 2.75) is 13.0 Å². The first-order valence-corrected chi connectivity index (χ1v) is 4.17. The molecule has 0 bridgehead atoms. The first kappa shape index (κ1) is 9.08. The van der Waals surface area contributed by atoms with E-state index in [2.05, 4.69) is 0 Å². The average molecular weight is 199 g/mol. The third kappa shape index (κ3) is 1.17. The summed E-state index contributed by atoms with van der Waals surface area (Å²) in [4.78, 5) is 0. The van der Waals surface area contributed by atoms with Crippen LogP contribution in [0.1, 0.15) is 18.5 Å². The van der Waals surface area contributed by atoms with E-state index in [4.69, 9.17) is 15.2 Å². The van der Waals surface area contributed by atoms with Crippen molar-refractivity contribution in [2.24, 2.45) is 5.73 Å². The van der Waals surface area contributed by atoms with Gasteiger partial charge in [0.2, 0.25) is 6.79 Å². The summed E-state index contributed by atoms with van der Waals surface area (Å²) in [5, 5.41) is 9.25. The van der Waals surface area contributed by atoms with Gasteiger partial charge in [0.15, 0.2) is 23.1 Å². The summed E-state index contributed by atoms with van der Waals surface area (Å²) < 4.78 is 23.5. The average Bonchev–Trinajstić information content (AvgIpc) is 2.52. The van der Waals surface area contributed by atoms with Crippen LogP contribution in [0.2, 0.25) is 0 Å². The highest BCUT2D eigenvalue weighted by Crippen LogP contribution is 2.43. The van der Waals surface area contributed by atoms with Gasteiger partial charge in [0.05, 0.1) is 5.56 Å². The SMILES string of the molecule is CC(N)c1c(F)c(O)cc2c1OCO2.